The van der Waals surface area contributed by atoms with Crippen LogP contribution in [0.3, 0.4) is 0 Å². The van der Waals surface area contributed by atoms with Crippen molar-refractivity contribution in [3.8, 4) is 0 Å². The van der Waals surface area contributed by atoms with Gasteiger partial charge in [0, 0.05) is 17.8 Å². The molecular weight excluding hydrogens is 261 g/mol. The van der Waals surface area contributed by atoms with Crippen molar-refractivity contribution in [2.75, 3.05) is 0 Å². The zero-order valence-corrected chi connectivity index (χ0v) is 10.3. The maximum Gasteiger partial charge on any atom is 0.253 e. The second-order valence-corrected chi connectivity index (χ2v) is 4.15. The van der Waals surface area contributed by atoms with Gasteiger partial charge in [-0.3, -0.25) is 14.9 Å². The molecule has 7 heteroatoms. The van der Waals surface area contributed by atoms with Crippen LogP contribution >= 0.6 is 0 Å². The van der Waals surface area contributed by atoms with Gasteiger partial charge in [-0.05, 0) is 18.2 Å². The summed E-state index contributed by atoms with van der Waals surface area (Å²) in [5.41, 5.74) is 1.50. The molecule has 3 aromatic rings. The summed E-state index contributed by atoms with van der Waals surface area (Å²) in [6.45, 7) is 0.248. The van der Waals surface area contributed by atoms with E-state index >= 15 is 0 Å². The third kappa shape index (κ3) is 2.33. The quantitative estimate of drug-likeness (QED) is 0.754. The van der Waals surface area contributed by atoms with Gasteiger partial charge in [-0.1, -0.05) is 0 Å². The zero-order chi connectivity index (χ0) is 13.9. The highest BCUT2D eigenvalue weighted by Crippen LogP contribution is 2.12. The van der Waals surface area contributed by atoms with Gasteiger partial charge in [0.25, 0.3) is 5.91 Å². The van der Waals surface area contributed by atoms with E-state index in [4.69, 9.17) is 0 Å². The lowest BCUT2D eigenvalue weighted by atomic mass is 10.2. The van der Waals surface area contributed by atoms with E-state index in [2.05, 4.69) is 25.5 Å². The van der Waals surface area contributed by atoms with E-state index in [1.54, 1.807) is 12.3 Å². The number of nitrogens with one attached hydrogen (secondary N) is 2. The van der Waals surface area contributed by atoms with Crippen molar-refractivity contribution in [2.24, 2.45) is 0 Å². The fourth-order valence-electron chi connectivity index (χ4n) is 1.84. The Balaban J connectivity index is 1.75. The highest BCUT2D eigenvalue weighted by Gasteiger charge is 2.09. The number of halogens is 1. The number of H-pyrrole nitrogens is 1. The second kappa shape index (κ2) is 5.04. The number of amides is 1. The Bertz CT molecular complexity index is 770. The van der Waals surface area contributed by atoms with Crippen molar-refractivity contribution in [1.29, 1.82) is 0 Å². The highest BCUT2D eigenvalue weighted by atomic mass is 19.1. The first-order chi connectivity index (χ1) is 9.74. The number of aromatic amines is 1. The van der Waals surface area contributed by atoms with Crippen LogP contribution < -0.4 is 5.32 Å². The van der Waals surface area contributed by atoms with Gasteiger partial charge in [0.2, 0.25) is 0 Å². The number of fused-ring (bicyclic) bond motifs is 1. The maximum atomic E-state index is 13.0. The third-order valence-corrected chi connectivity index (χ3v) is 2.80. The minimum Gasteiger partial charge on any atom is -0.346 e. The Hall–Kier alpha value is -2.83. The average molecular weight is 271 g/mol. The lowest BCUT2D eigenvalue weighted by Crippen LogP contribution is -2.23. The van der Waals surface area contributed by atoms with Crippen molar-refractivity contribution in [3.05, 3.63) is 53.9 Å². The van der Waals surface area contributed by atoms with E-state index in [0.29, 0.717) is 5.65 Å². The molecule has 0 aliphatic rings. The fourth-order valence-corrected chi connectivity index (χ4v) is 1.84. The number of hydrogen-bond donors (Lipinski definition) is 2. The molecule has 0 saturated heterocycles. The predicted molar refractivity (Wildman–Crippen MR) is 69.3 cm³/mol. The molecule has 1 amide bonds. The highest BCUT2D eigenvalue weighted by molar-refractivity contribution is 5.94. The summed E-state index contributed by atoms with van der Waals surface area (Å²) in [6.07, 6.45) is 4.00. The molecule has 0 atom stereocenters. The molecule has 6 nitrogen and oxygen atoms in total. The van der Waals surface area contributed by atoms with Crippen molar-refractivity contribution >= 4 is 16.9 Å². The van der Waals surface area contributed by atoms with Crippen LogP contribution in [0.4, 0.5) is 4.39 Å². The van der Waals surface area contributed by atoms with Gasteiger partial charge in [-0.15, -0.1) is 0 Å². The summed E-state index contributed by atoms with van der Waals surface area (Å²) < 4.78 is 13.0. The van der Waals surface area contributed by atoms with E-state index < -0.39 is 11.7 Å². The van der Waals surface area contributed by atoms with Gasteiger partial charge in [-0.2, -0.15) is 5.10 Å². The van der Waals surface area contributed by atoms with Crippen molar-refractivity contribution in [1.82, 2.24) is 25.5 Å². The summed E-state index contributed by atoms with van der Waals surface area (Å²) in [5.74, 6) is -0.947. The van der Waals surface area contributed by atoms with Crippen LogP contribution in [0.1, 0.15) is 16.1 Å². The Morgan fingerprint density at radius 1 is 1.40 bits per heavy atom. The van der Waals surface area contributed by atoms with E-state index in [-0.39, 0.29) is 12.1 Å². The van der Waals surface area contributed by atoms with Gasteiger partial charge in [0.05, 0.1) is 24.0 Å². The Kier molecular flexibility index (Phi) is 3.08. The molecule has 3 heterocycles. The number of rotatable bonds is 3. The molecule has 2 N–H and O–H groups in total. The molecule has 0 bridgehead atoms. The molecule has 0 aromatic carbocycles. The number of hydrogen-bond acceptors (Lipinski definition) is 4. The largest absolute Gasteiger partial charge is 0.346 e. The van der Waals surface area contributed by atoms with E-state index in [1.807, 2.05) is 6.07 Å². The zero-order valence-electron chi connectivity index (χ0n) is 10.3. The lowest BCUT2D eigenvalue weighted by molar-refractivity contribution is 0.0949. The van der Waals surface area contributed by atoms with E-state index in [0.717, 1.165) is 23.3 Å². The SMILES string of the molecule is O=C(NCc1[nH]nc2ncccc12)c1cncc(F)c1. The van der Waals surface area contributed by atoms with Crippen LogP contribution in [-0.4, -0.2) is 26.1 Å². The van der Waals surface area contributed by atoms with E-state index in [9.17, 15) is 9.18 Å². The van der Waals surface area contributed by atoms with E-state index in [1.165, 1.54) is 6.20 Å². The molecule has 3 aromatic heterocycles. The molecule has 0 radical (unpaired) electrons. The fraction of sp³-hybridized carbons (Fsp3) is 0.0769. The minimum absolute atomic E-state index is 0.173. The van der Waals surface area contributed by atoms with Gasteiger partial charge >= 0.3 is 0 Å². The maximum absolute atomic E-state index is 13.0. The standard InChI is InChI=1S/C13H10FN5O/c14-9-4-8(5-15-6-9)13(20)17-7-11-10-2-1-3-16-12(10)19-18-11/h1-6H,7H2,(H,17,20)(H,16,18,19). The number of aromatic nitrogens is 4. The normalized spacial score (nSPS) is 10.7. The molecule has 0 aliphatic carbocycles. The summed E-state index contributed by atoms with van der Waals surface area (Å²) in [7, 11) is 0. The predicted octanol–water partition coefficient (Wildman–Crippen LogP) is 1.42. The molecular formula is C13H10FN5O. The molecule has 20 heavy (non-hydrogen) atoms. The summed E-state index contributed by atoms with van der Waals surface area (Å²) in [5, 5.41) is 10.4. The molecule has 0 spiro atoms. The van der Waals surface area contributed by atoms with Crippen molar-refractivity contribution < 1.29 is 9.18 Å². The number of carbonyl (C=O) groups excluding carboxylic acids is 1. The monoisotopic (exact) mass is 271 g/mol. The average Bonchev–Trinajstić information content (AvgIpc) is 2.88. The third-order valence-electron chi connectivity index (χ3n) is 2.80. The number of carbonyl (C=O) groups is 1. The molecule has 0 aliphatic heterocycles. The Morgan fingerprint density at radius 2 is 2.30 bits per heavy atom. The molecule has 0 unspecified atom stereocenters. The smallest absolute Gasteiger partial charge is 0.253 e. The first-order valence-corrected chi connectivity index (χ1v) is 5.91. The Morgan fingerprint density at radius 3 is 3.15 bits per heavy atom. The van der Waals surface area contributed by atoms with Gasteiger partial charge < -0.3 is 5.32 Å². The molecule has 3 rings (SSSR count). The summed E-state index contributed by atoms with van der Waals surface area (Å²) >= 11 is 0. The van der Waals surface area contributed by atoms with Crippen LogP contribution in [0.5, 0.6) is 0 Å². The first kappa shape index (κ1) is 12.2. The lowest BCUT2D eigenvalue weighted by Gasteiger charge is -2.03. The molecule has 0 fully saturated rings. The number of pyridine rings is 2. The summed E-state index contributed by atoms with van der Waals surface area (Å²) in [6, 6.07) is 4.78. The van der Waals surface area contributed by atoms with Crippen LogP contribution in [0.15, 0.2) is 36.8 Å². The summed E-state index contributed by atoms with van der Waals surface area (Å²) in [4.78, 5) is 19.6. The minimum atomic E-state index is -0.547. The van der Waals surface area contributed by atoms with Gasteiger partial charge in [-0.25, -0.2) is 9.37 Å². The van der Waals surface area contributed by atoms with Crippen molar-refractivity contribution in [3.63, 3.8) is 0 Å². The van der Waals surface area contributed by atoms with Crippen LogP contribution in [0.25, 0.3) is 11.0 Å². The van der Waals surface area contributed by atoms with Gasteiger partial charge in [0.15, 0.2) is 5.65 Å². The van der Waals surface area contributed by atoms with Gasteiger partial charge in [0.1, 0.15) is 5.82 Å². The second-order valence-electron chi connectivity index (χ2n) is 4.15. The van der Waals surface area contributed by atoms with Crippen LogP contribution in [-0.2, 0) is 6.54 Å². The molecule has 0 saturated carbocycles. The van der Waals surface area contributed by atoms with Crippen LogP contribution in [0.2, 0.25) is 0 Å². The number of nitrogens with zero attached hydrogens (tertiary/aromatic N) is 3. The van der Waals surface area contributed by atoms with Crippen molar-refractivity contribution in [2.45, 2.75) is 6.54 Å². The van der Waals surface area contributed by atoms with Crippen LogP contribution in [0, 0.1) is 5.82 Å². The topological polar surface area (TPSA) is 83.6 Å². The Labute approximate surface area is 113 Å². The first-order valence-electron chi connectivity index (χ1n) is 5.91. The molecule has 100 valence electrons.